The summed E-state index contributed by atoms with van der Waals surface area (Å²) >= 11 is 1.26. The van der Waals surface area contributed by atoms with Crippen LogP contribution in [0.25, 0.3) is 10.9 Å². The van der Waals surface area contributed by atoms with Crippen LogP contribution in [-0.2, 0) is 17.8 Å². The number of benzene rings is 3. The first kappa shape index (κ1) is 22.6. The Morgan fingerprint density at radius 3 is 2.55 bits per heavy atom. The molecular weight excluding hydrogens is 434 g/mol. The lowest BCUT2D eigenvalue weighted by atomic mass is 10.1. The second kappa shape index (κ2) is 10.8. The number of hydrogen-bond acceptors (Lipinski definition) is 5. The second-order valence-corrected chi connectivity index (χ2v) is 8.43. The van der Waals surface area contributed by atoms with Gasteiger partial charge < -0.3 is 10.1 Å². The summed E-state index contributed by atoms with van der Waals surface area (Å²) in [6.45, 7) is 0.862. The third-order valence-corrected chi connectivity index (χ3v) is 6.24. The molecule has 1 N–H and O–H groups in total. The monoisotopic (exact) mass is 459 g/mol. The van der Waals surface area contributed by atoms with E-state index in [9.17, 15) is 9.59 Å². The third-order valence-electron chi connectivity index (χ3n) is 5.26. The van der Waals surface area contributed by atoms with Crippen molar-refractivity contribution in [1.29, 1.82) is 0 Å². The summed E-state index contributed by atoms with van der Waals surface area (Å²) in [6.07, 6.45) is 0.768. The molecule has 4 aromatic rings. The lowest BCUT2D eigenvalue weighted by Crippen LogP contribution is -2.28. The molecule has 0 atom stereocenters. The van der Waals surface area contributed by atoms with E-state index in [2.05, 4.69) is 5.32 Å². The maximum atomic E-state index is 13.3. The van der Waals surface area contributed by atoms with Crippen molar-refractivity contribution in [3.05, 3.63) is 100 Å². The summed E-state index contributed by atoms with van der Waals surface area (Å²) in [5.74, 6) is 0.778. The van der Waals surface area contributed by atoms with Gasteiger partial charge in [0.1, 0.15) is 5.75 Å². The number of carbonyl (C=O) groups excluding carboxylic acids is 1. The number of nitrogens with zero attached hydrogens (tertiary/aromatic N) is 2. The summed E-state index contributed by atoms with van der Waals surface area (Å²) in [4.78, 5) is 30.4. The van der Waals surface area contributed by atoms with Crippen LogP contribution in [0.5, 0.6) is 5.75 Å². The second-order valence-electron chi connectivity index (χ2n) is 7.49. The van der Waals surface area contributed by atoms with Gasteiger partial charge in [0.15, 0.2) is 5.16 Å². The SMILES string of the molecule is COc1ccccc1Cn1c(SCC(=O)NCCc2ccccc2)nc2ccccc2c1=O. The van der Waals surface area contributed by atoms with Gasteiger partial charge in [-0.3, -0.25) is 14.2 Å². The molecule has 0 bridgehead atoms. The Bertz CT molecular complexity index is 1310. The summed E-state index contributed by atoms with van der Waals surface area (Å²) in [5.41, 5.74) is 2.52. The number of amides is 1. The molecule has 1 heterocycles. The predicted molar refractivity (Wildman–Crippen MR) is 132 cm³/mol. The van der Waals surface area contributed by atoms with E-state index in [0.717, 1.165) is 12.0 Å². The van der Waals surface area contributed by atoms with Crippen LogP contribution in [0.4, 0.5) is 0 Å². The topological polar surface area (TPSA) is 73.2 Å². The van der Waals surface area contributed by atoms with Gasteiger partial charge in [0.05, 0.1) is 30.3 Å². The van der Waals surface area contributed by atoms with Crippen molar-refractivity contribution < 1.29 is 9.53 Å². The summed E-state index contributed by atoms with van der Waals surface area (Å²) < 4.78 is 7.07. The van der Waals surface area contributed by atoms with E-state index >= 15 is 0 Å². The number of methoxy groups -OCH3 is 1. The molecule has 168 valence electrons. The Balaban J connectivity index is 1.52. The fourth-order valence-electron chi connectivity index (χ4n) is 3.57. The van der Waals surface area contributed by atoms with E-state index in [0.29, 0.717) is 34.9 Å². The maximum absolute atomic E-state index is 13.3. The number of carbonyl (C=O) groups is 1. The lowest BCUT2D eigenvalue weighted by Gasteiger charge is -2.15. The van der Waals surface area contributed by atoms with Crippen molar-refractivity contribution >= 4 is 28.6 Å². The Hall–Kier alpha value is -3.58. The smallest absolute Gasteiger partial charge is 0.262 e. The van der Waals surface area contributed by atoms with Gasteiger partial charge in [-0.15, -0.1) is 0 Å². The lowest BCUT2D eigenvalue weighted by molar-refractivity contribution is -0.118. The predicted octanol–water partition coefficient (Wildman–Crippen LogP) is 3.90. The molecule has 1 aromatic heterocycles. The maximum Gasteiger partial charge on any atom is 0.262 e. The van der Waals surface area contributed by atoms with Gasteiger partial charge in [0, 0.05) is 12.1 Å². The zero-order valence-electron chi connectivity index (χ0n) is 18.4. The summed E-state index contributed by atoms with van der Waals surface area (Å²) in [7, 11) is 1.61. The Kier molecular flexibility index (Phi) is 7.42. The van der Waals surface area contributed by atoms with Gasteiger partial charge in [0.2, 0.25) is 5.91 Å². The van der Waals surface area contributed by atoms with E-state index in [4.69, 9.17) is 9.72 Å². The molecule has 0 unspecified atom stereocenters. The van der Waals surface area contributed by atoms with Crippen LogP contribution in [0.2, 0.25) is 0 Å². The van der Waals surface area contributed by atoms with Gasteiger partial charge in [-0.25, -0.2) is 4.98 Å². The first-order valence-corrected chi connectivity index (χ1v) is 11.7. The van der Waals surface area contributed by atoms with Crippen molar-refractivity contribution in [3.8, 4) is 5.75 Å². The molecule has 4 rings (SSSR count). The van der Waals surface area contributed by atoms with Crippen molar-refractivity contribution in [2.24, 2.45) is 0 Å². The van der Waals surface area contributed by atoms with Crippen LogP contribution in [-0.4, -0.2) is 34.9 Å². The largest absolute Gasteiger partial charge is 0.496 e. The molecule has 0 spiro atoms. The van der Waals surface area contributed by atoms with E-state index in [1.807, 2.05) is 72.8 Å². The Morgan fingerprint density at radius 2 is 1.73 bits per heavy atom. The molecular formula is C26H25N3O3S. The molecule has 33 heavy (non-hydrogen) atoms. The molecule has 7 heteroatoms. The molecule has 6 nitrogen and oxygen atoms in total. The minimum atomic E-state index is -0.140. The Morgan fingerprint density at radius 1 is 1.00 bits per heavy atom. The number of para-hydroxylation sites is 2. The molecule has 3 aromatic carbocycles. The highest BCUT2D eigenvalue weighted by Crippen LogP contribution is 2.22. The Labute approximate surface area is 196 Å². The van der Waals surface area contributed by atoms with Crippen LogP contribution in [0.3, 0.4) is 0 Å². The van der Waals surface area contributed by atoms with Crippen LogP contribution in [0.1, 0.15) is 11.1 Å². The van der Waals surface area contributed by atoms with Crippen molar-refractivity contribution in [2.45, 2.75) is 18.1 Å². The van der Waals surface area contributed by atoms with Crippen molar-refractivity contribution in [1.82, 2.24) is 14.9 Å². The van der Waals surface area contributed by atoms with Gasteiger partial charge in [-0.2, -0.15) is 0 Å². The number of hydrogen-bond donors (Lipinski definition) is 1. The summed E-state index contributed by atoms with van der Waals surface area (Å²) in [5, 5.41) is 3.99. The van der Waals surface area contributed by atoms with Gasteiger partial charge in [-0.1, -0.05) is 72.4 Å². The first-order chi connectivity index (χ1) is 16.2. The van der Waals surface area contributed by atoms with Crippen LogP contribution >= 0.6 is 11.8 Å². The highest BCUT2D eigenvalue weighted by atomic mass is 32.2. The fraction of sp³-hybridized carbons (Fsp3) is 0.192. The standard InChI is InChI=1S/C26H25N3O3S/c1-32-23-14-8-5-11-20(23)17-29-25(31)21-12-6-7-13-22(21)28-26(29)33-18-24(30)27-16-15-19-9-3-2-4-10-19/h2-14H,15-18H2,1H3,(H,27,30). The first-order valence-electron chi connectivity index (χ1n) is 10.7. The zero-order valence-corrected chi connectivity index (χ0v) is 19.2. The number of fused-ring (bicyclic) bond motifs is 1. The molecule has 0 fully saturated rings. The minimum Gasteiger partial charge on any atom is -0.496 e. The average molecular weight is 460 g/mol. The number of nitrogens with one attached hydrogen (secondary N) is 1. The molecule has 0 radical (unpaired) electrons. The van der Waals surface area contributed by atoms with Gasteiger partial charge in [-0.05, 0) is 30.2 Å². The number of thioether (sulfide) groups is 1. The van der Waals surface area contributed by atoms with Gasteiger partial charge in [0.25, 0.3) is 5.56 Å². The highest BCUT2D eigenvalue weighted by Gasteiger charge is 2.15. The number of ether oxygens (including phenoxy) is 1. The average Bonchev–Trinajstić information content (AvgIpc) is 2.85. The molecule has 0 aliphatic rings. The number of rotatable bonds is 9. The van der Waals surface area contributed by atoms with Crippen molar-refractivity contribution in [2.75, 3.05) is 19.4 Å². The highest BCUT2D eigenvalue weighted by molar-refractivity contribution is 7.99. The normalized spacial score (nSPS) is 10.8. The van der Waals surface area contributed by atoms with E-state index in [1.165, 1.54) is 17.3 Å². The van der Waals surface area contributed by atoms with E-state index in [1.54, 1.807) is 17.7 Å². The molecule has 1 amide bonds. The molecule has 0 saturated heterocycles. The molecule has 0 saturated carbocycles. The van der Waals surface area contributed by atoms with Crippen LogP contribution in [0.15, 0.2) is 88.8 Å². The summed E-state index contributed by atoms with van der Waals surface area (Å²) in [6, 6.07) is 24.9. The number of aromatic nitrogens is 2. The van der Waals surface area contributed by atoms with E-state index < -0.39 is 0 Å². The van der Waals surface area contributed by atoms with Gasteiger partial charge >= 0.3 is 0 Å². The zero-order chi connectivity index (χ0) is 23.0. The van der Waals surface area contributed by atoms with Crippen LogP contribution in [0, 0.1) is 0 Å². The van der Waals surface area contributed by atoms with Crippen molar-refractivity contribution in [3.63, 3.8) is 0 Å². The molecule has 0 aliphatic heterocycles. The quantitative estimate of drug-likeness (QED) is 0.304. The fourth-order valence-corrected chi connectivity index (χ4v) is 4.40. The van der Waals surface area contributed by atoms with Crippen LogP contribution < -0.4 is 15.6 Å². The van der Waals surface area contributed by atoms with E-state index in [-0.39, 0.29) is 17.2 Å². The third kappa shape index (κ3) is 5.62. The molecule has 0 aliphatic carbocycles. The minimum absolute atomic E-state index is 0.0952.